The number of fused-ring (bicyclic) bond motifs is 1. The van der Waals surface area contributed by atoms with Crippen LogP contribution in [0.3, 0.4) is 0 Å². The number of halogens is 1. The summed E-state index contributed by atoms with van der Waals surface area (Å²) in [5.41, 5.74) is 3.32. The van der Waals surface area contributed by atoms with E-state index in [4.69, 9.17) is 16.3 Å². The number of carbonyl (C=O) groups excluding carboxylic acids is 2. The van der Waals surface area contributed by atoms with E-state index < -0.39 is 5.97 Å². The van der Waals surface area contributed by atoms with Gasteiger partial charge >= 0.3 is 5.97 Å². The number of methoxy groups -OCH3 is 1. The predicted octanol–water partition coefficient (Wildman–Crippen LogP) is 3.98. The first-order valence-electron chi connectivity index (χ1n) is 10.1. The Morgan fingerprint density at radius 3 is 2.81 bits per heavy atom. The van der Waals surface area contributed by atoms with Crippen LogP contribution in [0.4, 0.5) is 0 Å². The molecule has 0 N–H and O–H groups in total. The maximum Gasteiger partial charge on any atom is 0.338 e. The molecule has 0 bridgehead atoms. The lowest BCUT2D eigenvalue weighted by Gasteiger charge is -2.36. The molecule has 1 aliphatic carbocycles. The molecule has 2 aromatic heterocycles. The standard InChI is InChI=1S/C23H23ClN4O3/c1-27-13-19(24)20(26-27)14-28(21-9-5-7-15-6-3-4-8-16(15)21)22(29)18-12-25-11-10-17(18)23(30)31-2/h3-4,6,8,10-13,21H,5,7,9,14H2,1-2H3. The molecule has 4 rings (SSSR count). The second-order valence-corrected chi connectivity index (χ2v) is 7.96. The quantitative estimate of drug-likeness (QED) is 0.563. The summed E-state index contributed by atoms with van der Waals surface area (Å²) in [6.07, 6.45) is 7.33. The van der Waals surface area contributed by atoms with Gasteiger partial charge in [0.1, 0.15) is 5.69 Å². The third-order valence-electron chi connectivity index (χ3n) is 5.61. The Kier molecular flexibility index (Phi) is 6.04. The number of amides is 1. The summed E-state index contributed by atoms with van der Waals surface area (Å²) < 4.78 is 6.50. The number of aryl methyl sites for hydroxylation is 2. The van der Waals surface area contributed by atoms with Crippen LogP contribution in [-0.4, -0.2) is 38.7 Å². The summed E-state index contributed by atoms with van der Waals surface area (Å²) in [5, 5.41) is 4.92. The molecular formula is C23H23ClN4O3. The first-order valence-corrected chi connectivity index (χ1v) is 10.5. The number of carbonyl (C=O) groups is 2. The Morgan fingerprint density at radius 2 is 2.06 bits per heavy atom. The van der Waals surface area contributed by atoms with Crippen molar-refractivity contribution in [1.82, 2.24) is 19.7 Å². The minimum Gasteiger partial charge on any atom is -0.465 e. The first-order chi connectivity index (χ1) is 15.0. The molecule has 8 heteroatoms. The van der Waals surface area contributed by atoms with Crippen LogP contribution in [0.5, 0.6) is 0 Å². The molecule has 1 amide bonds. The Bertz CT molecular complexity index is 1130. The fourth-order valence-electron chi connectivity index (χ4n) is 4.16. The minimum absolute atomic E-state index is 0.166. The van der Waals surface area contributed by atoms with Crippen LogP contribution in [0.25, 0.3) is 0 Å². The minimum atomic E-state index is -0.578. The molecule has 1 atom stereocenters. The van der Waals surface area contributed by atoms with E-state index in [0.29, 0.717) is 10.7 Å². The number of rotatable bonds is 5. The zero-order chi connectivity index (χ0) is 22.0. The molecule has 0 saturated heterocycles. The van der Waals surface area contributed by atoms with Crippen molar-refractivity contribution in [1.29, 1.82) is 0 Å². The third kappa shape index (κ3) is 4.18. The number of hydrogen-bond acceptors (Lipinski definition) is 5. The normalized spacial score (nSPS) is 15.3. The maximum atomic E-state index is 13.8. The smallest absolute Gasteiger partial charge is 0.338 e. The molecule has 1 aromatic carbocycles. The topological polar surface area (TPSA) is 77.3 Å². The van der Waals surface area contributed by atoms with Gasteiger partial charge in [0.25, 0.3) is 5.91 Å². The van der Waals surface area contributed by atoms with Crippen molar-refractivity contribution in [3.05, 3.63) is 81.9 Å². The molecule has 0 aliphatic heterocycles. The van der Waals surface area contributed by atoms with Gasteiger partial charge in [-0.3, -0.25) is 14.5 Å². The van der Waals surface area contributed by atoms with E-state index in [9.17, 15) is 9.59 Å². The molecule has 7 nitrogen and oxygen atoms in total. The zero-order valence-electron chi connectivity index (χ0n) is 17.4. The van der Waals surface area contributed by atoms with Crippen LogP contribution < -0.4 is 0 Å². The second-order valence-electron chi connectivity index (χ2n) is 7.55. The van der Waals surface area contributed by atoms with Crippen LogP contribution in [0, 0.1) is 0 Å². The second kappa shape index (κ2) is 8.89. The summed E-state index contributed by atoms with van der Waals surface area (Å²) in [7, 11) is 3.08. The molecule has 1 unspecified atom stereocenters. The Labute approximate surface area is 185 Å². The number of benzene rings is 1. The van der Waals surface area contributed by atoms with E-state index in [1.165, 1.54) is 31.1 Å². The number of hydrogen-bond donors (Lipinski definition) is 0. The van der Waals surface area contributed by atoms with Crippen LogP contribution in [0.1, 0.15) is 56.4 Å². The molecule has 0 spiro atoms. The van der Waals surface area contributed by atoms with Crippen molar-refractivity contribution in [2.45, 2.75) is 31.8 Å². The van der Waals surface area contributed by atoms with Gasteiger partial charge < -0.3 is 9.64 Å². The molecule has 0 radical (unpaired) electrons. The Morgan fingerprint density at radius 1 is 1.26 bits per heavy atom. The fourth-order valence-corrected chi connectivity index (χ4v) is 4.40. The van der Waals surface area contributed by atoms with Crippen LogP contribution in [-0.2, 0) is 24.8 Å². The first kappa shape index (κ1) is 21.1. The SMILES string of the molecule is COC(=O)c1ccncc1C(=O)N(Cc1nn(C)cc1Cl)C1CCCc2ccccc21. The summed E-state index contributed by atoms with van der Waals surface area (Å²) >= 11 is 6.38. The van der Waals surface area contributed by atoms with E-state index in [1.54, 1.807) is 22.8 Å². The van der Waals surface area contributed by atoms with Crippen molar-refractivity contribution in [3.63, 3.8) is 0 Å². The van der Waals surface area contributed by atoms with Gasteiger partial charge in [0.05, 0.1) is 35.8 Å². The highest BCUT2D eigenvalue weighted by Crippen LogP contribution is 2.36. The molecule has 0 fully saturated rings. The molecule has 2 heterocycles. The van der Waals surface area contributed by atoms with Gasteiger partial charge in [-0.1, -0.05) is 35.9 Å². The van der Waals surface area contributed by atoms with Gasteiger partial charge in [-0.2, -0.15) is 5.10 Å². The van der Waals surface area contributed by atoms with E-state index in [0.717, 1.165) is 24.8 Å². The van der Waals surface area contributed by atoms with E-state index in [1.807, 2.05) is 12.1 Å². The van der Waals surface area contributed by atoms with Crippen LogP contribution >= 0.6 is 11.6 Å². The Hall–Kier alpha value is -3.19. The van der Waals surface area contributed by atoms with Crippen LogP contribution in [0.2, 0.25) is 5.02 Å². The highest BCUT2D eigenvalue weighted by atomic mass is 35.5. The molecule has 0 saturated carbocycles. The summed E-state index contributed by atoms with van der Waals surface area (Å²) in [6.45, 7) is 0.215. The third-order valence-corrected chi connectivity index (χ3v) is 5.92. The lowest BCUT2D eigenvalue weighted by Crippen LogP contribution is -2.37. The van der Waals surface area contributed by atoms with Gasteiger partial charge in [-0.15, -0.1) is 0 Å². The van der Waals surface area contributed by atoms with Crippen molar-refractivity contribution in [2.75, 3.05) is 7.11 Å². The number of esters is 1. The molecule has 31 heavy (non-hydrogen) atoms. The van der Waals surface area contributed by atoms with Crippen molar-refractivity contribution in [3.8, 4) is 0 Å². The summed E-state index contributed by atoms with van der Waals surface area (Å²) in [4.78, 5) is 31.9. The highest BCUT2D eigenvalue weighted by Gasteiger charge is 2.33. The van der Waals surface area contributed by atoms with Gasteiger partial charge in [0.2, 0.25) is 0 Å². The Balaban J connectivity index is 1.80. The lowest BCUT2D eigenvalue weighted by atomic mass is 9.86. The predicted molar refractivity (Wildman–Crippen MR) is 116 cm³/mol. The number of pyridine rings is 1. The van der Waals surface area contributed by atoms with Crippen molar-refractivity contribution in [2.24, 2.45) is 7.05 Å². The van der Waals surface area contributed by atoms with Gasteiger partial charge in [0.15, 0.2) is 0 Å². The van der Waals surface area contributed by atoms with E-state index >= 15 is 0 Å². The van der Waals surface area contributed by atoms with Gasteiger partial charge in [0, 0.05) is 25.6 Å². The number of aromatic nitrogens is 3. The highest BCUT2D eigenvalue weighted by molar-refractivity contribution is 6.31. The molecule has 160 valence electrons. The van der Waals surface area contributed by atoms with Gasteiger partial charge in [-0.05, 0) is 36.5 Å². The van der Waals surface area contributed by atoms with Crippen LogP contribution in [0.15, 0.2) is 48.9 Å². The zero-order valence-corrected chi connectivity index (χ0v) is 18.2. The molecule has 3 aromatic rings. The van der Waals surface area contributed by atoms with E-state index in [-0.39, 0.29) is 29.6 Å². The number of nitrogens with zero attached hydrogens (tertiary/aromatic N) is 4. The number of ether oxygens (including phenoxy) is 1. The summed E-state index contributed by atoms with van der Waals surface area (Å²) in [5.74, 6) is -0.887. The average molecular weight is 439 g/mol. The largest absolute Gasteiger partial charge is 0.465 e. The fraction of sp³-hybridized carbons (Fsp3) is 0.304. The molecular weight excluding hydrogens is 416 g/mol. The van der Waals surface area contributed by atoms with Gasteiger partial charge in [-0.25, -0.2) is 4.79 Å². The average Bonchev–Trinajstić information content (AvgIpc) is 3.12. The van der Waals surface area contributed by atoms with Crippen molar-refractivity contribution >= 4 is 23.5 Å². The summed E-state index contributed by atoms with van der Waals surface area (Å²) in [6, 6.07) is 9.49. The monoisotopic (exact) mass is 438 g/mol. The molecule has 1 aliphatic rings. The maximum absolute atomic E-state index is 13.8. The lowest BCUT2D eigenvalue weighted by molar-refractivity contribution is 0.0571. The van der Waals surface area contributed by atoms with E-state index in [2.05, 4.69) is 22.2 Å². The van der Waals surface area contributed by atoms with Crippen molar-refractivity contribution < 1.29 is 14.3 Å².